The second kappa shape index (κ2) is 9.33. The first-order valence-electron chi connectivity index (χ1n) is 10.7. The van der Waals surface area contributed by atoms with Gasteiger partial charge >= 0.3 is 0 Å². The highest BCUT2D eigenvalue weighted by Crippen LogP contribution is 2.27. The molecule has 1 N–H and O–H groups in total. The largest absolute Gasteiger partial charge is 0.459 e. The maximum absolute atomic E-state index is 12.7. The average molecular weight is 454 g/mol. The number of hydrogen-bond donors (Lipinski definition) is 1. The predicted octanol–water partition coefficient (Wildman–Crippen LogP) is 5.14. The summed E-state index contributed by atoms with van der Waals surface area (Å²) in [5.41, 5.74) is 5.35. The van der Waals surface area contributed by atoms with Crippen LogP contribution in [0.2, 0.25) is 0 Å². The van der Waals surface area contributed by atoms with E-state index < -0.39 is 15.7 Å². The minimum Gasteiger partial charge on any atom is -0.459 e. The van der Waals surface area contributed by atoms with Crippen LogP contribution in [0.1, 0.15) is 59.1 Å². The Bertz CT molecular complexity index is 1180. The zero-order chi connectivity index (χ0) is 23.5. The number of aryl methyl sites for hydroxylation is 2. The van der Waals surface area contributed by atoms with Crippen molar-refractivity contribution in [3.63, 3.8) is 0 Å². The van der Waals surface area contributed by atoms with E-state index >= 15 is 0 Å². The quantitative estimate of drug-likeness (QED) is 0.537. The van der Waals surface area contributed by atoms with E-state index in [1.165, 1.54) is 34.6 Å². The van der Waals surface area contributed by atoms with Gasteiger partial charge in [-0.05, 0) is 66.1 Å². The molecular weight excluding hydrogens is 422 g/mol. The smallest absolute Gasteiger partial charge is 0.287 e. The van der Waals surface area contributed by atoms with Crippen LogP contribution >= 0.6 is 0 Å². The second-order valence-electron chi connectivity index (χ2n) is 9.19. The van der Waals surface area contributed by atoms with E-state index in [-0.39, 0.29) is 21.8 Å². The molecule has 32 heavy (non-hydrogen) atoms. The molecule has 3 rings (SSSR count). The molecule has 0 atom stereocenters. The summed E-state index contributed by atoms with van der Waals surface area (Å²) in [6.45, 7) is 11.2. The van der Waals surface area contributed by atoms with Crippen molar-refractivity contribution >= 4 is 15.7 Å². The Balaban J connectivity index is 1.67. The lowest BCUT2D eigenvalue weighted by Gasteiger charge is -2.22. The van der Waals surface area contributed by atoms with Crippen molar-refractivity contribution in [2.24, 2.45) is 0 Å². The van der Waals surface area contributed by atoms with Crippen LogP contribution in [-0.4, -0.2) is 20.9 Å². The summed E-state index contributed by atoms with van der Waals surface area (Å²) in [5.74, 6) is -0.654. The summed E-state index contributed by atoms with van der Waals surface area (Å²) < 4.78 is 30.7. The molecule has 0 aliphatic carbocycles. The van der Waals surface area contributed by atoms with E-state index in [0.29, 0.717) is 18.5 Å². The molecule has 1 amide bonds. The molecule has 6 heteroatoms. The van der Waals surface area contributed by atoms with E-state index in [0.717, 1.165) is 0 Å². The molecule has 0 saturated carbocycles. The third-order valence-corrected chi connectivity index (χ3v) is 7.30. The molecular formula is C26H31NO4S. The Morgan fingerprint density at radius 3 is 2.22 bits per heavy atom. The van der Waals surface area contributed by atoms with Gasteiger partial charge in [-0.2, -0.15) is 0 Å². The minimum atomic E-state index is -3.57. The van der Waals surface area contributed by atoms with Gasteiger partial charge in [0, 0.05) is 12.1 Å². The first-order chi connectivity index (χ1) is 15.0. The van der Waals surface area contributed by atoms with Crippen LogP contribution in [0, 0.1) is 13.8 Å². The Hall–Kier alpha value is -2.86. The van der Waals surface area contributed by atoms with Gasteiger partial charge in [0.25, 0.3) is 5.91 Å². The fourth-order valence-electron chi connectivity index (χ4n) is 3.77. The number of benzene rings is 2. The summed E-state index contributed by atoms with van der Waals surface area (Å²) in [5, 5.41) is 2.87. The zero-order valence-corrected chi connectivity index (χ0v) is 20.2. The number of furan rings is 1. The molecule has 0 aliphatic heterocycles. The van der Waals surface area contributed by atoms with E-state index in [1.54, 1.807) is 30.3 Å². The van der Waals surface area contributed by atoms with Gasteiger partial charge in [-0.15, -0.1) is 0 Å². The summed E-state index contributed by atoms with van der Waals surface area (Å²) >= 11 is 0. The van der Waals surface area contributed by atoms with Crippen LogP contribution < -0.4 is 5.32 Å². The average Bonchev–Trinajstić information content (AvgIpc) is 3.17. The minimum absolute atomic E-state index is 0.0426. The van der Waals surface area contributed by atoms with Crippen LogP contribution in [0.4, 0.5) is 0 Å². The molecule has 0 unspecified atom stereocenters. The van der Waals surface area contributed by atoms with Crippen LogP contribution in [0.5, 0.6) is 0 Å². The number of carbonyl (C=O) groups excluding carboxylic acids is 1. The SMILES string of the molecule is Cc1cc(C(C)(C)C)cc(C)c1CCNC(=O)c1occc1CS(=O)(=O)c1ccccc1. The molecule has 0 saturated heterocycles. The molecule has 1 heterocycles. The fourth-order valence-corrected chi connectivity index (χ4v) is 5.14. The maximum atomic E-state index is 12.7. The van der Waals surface area contributed by atoms with Crippen molar-refractivity contribution in [3.8, 4) is 0 Å². The zero-order valence-electron chi connectivity index (χ0n) is 19.4. The molecule has 5 nitrogen and oxygen atoms in total. The monoisotopic (exact) mass is 453 g/mol. The maximum Gasteiger partial charge on any atom is 0.287 e. The Morgan fingerprint density at radius 1 is 1.00 bits per heavy atom. The van der Waals surface area contributed by atoms with Crippen molar-refractivity contribution < 1.29 is 17.6 Å². The van der Waals surface area contributed by atoms with Crippen molar-refractivity contribution in [3.05, 3.63) is 88.4 Å². The van der Waals surface area contributed by atoms with E-state index in [2.05, 4.69) is 52.1 Å². The highest BCUT2D eigenvalue weighted by atomic mass is 32.2. The standard InChI is InChI=1S/C26H31NO4S/c1-18-15-21(26(3,4)5)16-19(2)23(18)11-13-27-25(28)24-20(12-14-31-24)17-32(29,30)22-9-7-6-8-10-22/h6-10,12,14-16H,11,13,17H2,1-5H3,(H,27,28). The van der Waals surface area contributed by atoms with Gasteiger partial charge < -0.3 is 9.73 Å². The molecule has 0 fully saturated rings. The Kier molecular flexibility index (Phi) is 6.94. The highest BCUT2D eigenvalue weighted by molar-refractivity contribution is 7.90. The summed E-state index contributed by atoms with van der Waals surface area (Å²) in [6, 6.07) is 14.2. The third kappa shape index (κ3) is 5.49. The van der Waals surface area contributed by atoms with Gasteiger partial charge in [0.15, 0.2) is 15.6 Å². The lowest BCUT2D eigenvalue weighted by atomic mass is 9.83. The number of sulfone groups is 1. The van der Waals surface area contributed by atoms with Crippen molar-refractivity contribution in [1.82, 2.24) is 5.32 Å². The summed E-state index contributed by atoms with van der Waals surface area (Å²) in [7, 11) is -3.57. The number of carbonyl (C=O) groups is 1. The summed E-state index contributed by atoms with van der Waals surface area (Å²) in [4.78, 5) is 12.9. The Morgan fingerprint density at radius 2 is 1.62 bits per heavy atom. The molecule has 3 aromatic rings. The molecule has 2 aromatic carbocycles. The fraction of sp³-hybridized carbons (Fsp3) is 0.346. The van der Waals surface area contributed by atoms with Crippen LogP contribution in [0.15, 0.2) is 64.1 Å². The molecule has 1 aromatic heterocycles. The van der Waals surface area contributed by atoms with Crippen molar-refractivity contribution in [1.29, 1.82) is 0 Å². The van der Waals surface area contributed by atoms with E-state index in [9.17, 15) is 13.2 Å². The second-order valence-corrected chi connectivity index (χ2v) is 11.2. The van der Waals surface area contributed by atoms with Crippen LogP contribution in [0.25, 0.3) is 0 Å². The lowest BCUT2D eigenvalue weighted by molar-refractivity contribution is 0.0925. The number of hydrogen-bond acceptors (Lipinski definition) is 4. The molecule has 0 spiro atoms. The lowest BCUT2D eigenvalue weighted by Crippen LogP contribution is -2.27. The summed E-state index contributed by atoms with van der Waals surface area (Å²) in [6.07, 6.45) is 2.04. The van der Waals surface area contributed by atoms with E-state index in [1.807, 2.05) is 0 Å². The predicted molar refractivity (Wildman–Crippen MR) is 127 cm³/mol. The first kappa shape index (κ1) is 23.8. The Labute approximate surface area is 190 Å². The van der Waals surface area contributed by atoms with E-state index in [4.69, 9.17) is 4.42 Å². The van der Waals surface area contributed by atoms with Crippen molar-refractivity contribution in [2.75, 3.05) is 6.54 Å². The molecule has 0 bridgehead atoms. The van der Waals surface area contributed by atoms with Gasteiger partial charge in [-0.1, -0.05) is 51.1 Å². The molecule has 170 valence electrons. The van der Waals surface area contributed by atoms with Crippen LogP contribution in [-0.2, 0) is 27.4 Å². The third-order valence-electron chi connectivity index (χ3n) is 5.62. The first-order valence-corrected chi connectivity index (χ1v) is 12.4. The van der Waals surface area contributed by atoms with Gasteiger partial charge in [-0.25, -0.2) is 8.42 Å². The van der Waals surface area contributed by atoms with Crippen molar-refractivity contribution in [2.45, 2.75) is 57.1 Å². The highest BCUT2D eigenvalue weighted by Gasteiger charge is 2.22. The number of rotatable bonds is 7. The van der Waals surface area contributed by atoms with Gasteiger partial charge in [-0.3, -0.25) is 4.79 Å². The molecule has 0 aliphatic rings. The normalized spacial score (nSPS) is 12.0. The van der Waals surface area contributed by atoms with Gasteiger partial charge in [0.05, 0.1) is 16.9 Å². The molecule has 0 radical (unpaired) electrons. The topological polar surface area (TPSA) is 76.4 Å². The van der Waals surface area contributed by atoms with Gasteiger partial charge in [0.2, 0.25) is 0 Å². The number of amides is 1. The number of nitrogens with one attached hydrogen (secondary N) is 1. The van der Waals surface area contributed by atoms with Gasteiger partial charge in [0.1, 0.15) is 0 Å². The van der Waals surface area contributed by atoms with Crippen LogP contribution in [0.3, 0.4) is 0 Å².